The van der Waals surface area contributed by atoms with Crippen molar-refractivity contribution >= 4 is 23.1 Å². The highest BCUT2D eigenvalue weighted by Crippen LogP contribution is 2.32. The maximum absolute atomic E-state index is 12.9. The smallest absolute Gasteiger partial charge is 0.416 e. The maximum atomic E-state index is 12.9. The summed E-state index contributed by atoms with van der Waals surface area (Å²) in [6, 6.07) is 9.03. The number of hydrogen-bond acceptors (Lipinski definition) is 7. The summed E-state index contributed by atoms with van der Waals surface area (Å²) in [4.78, 5) is 22.3. The molecule has 2 amide bonds. The molecule has 5 rings (SSSR count). The molecular weight excluding hydrogens is 505 g/mol. The minimum atomic E-state index is -4.65. The molecule has 11 nitrogen and oxygen atoms in total. The van der Waals surface area contributed by atoms with E-state index in [4.69, 9.17) is 10.5 Å². The second kappa shape index (κ2) is 10.1. The summed E-state index contributed by atoms with van der Waals surface area (Å²) in [7, 11) is 0. The van der Waals surface area contributed by atoms with Crippen molar-refractivity contribution in [1.82, 2.24) is 24.2 Å². The maximum Gasteiger partial charge on any atom is 0.416 e. The fraction of sp³-hybridized carbons (Fsp3) is 0.250. The third-order valence-corrected chi connectivity index (χ3v) is 6.05. The van der Waals surface area contributed by atoms with Crippen molar-refractivity contribution in [3.05, 3.63) is 71.7 Å². The second-order valence-electron chi connectivity index (χ2n) is 8.58. The monoisotopic (exact) mass is 528 g/mol. The number of pyridine rings is 1. The van der Waals surface area contributed by atoms with Crippen LogP contribution in [-0.4, -0.2) is 61.8 Å². The van der Waals surface area contributed by atoms with E-state index in [1.165, 1.54) is 6.33 Å². The van der Waals surface area contributed by atoms with Gasteiger partial charge in [-0.2, -0.15) is 28.0 Å². The molecule has 4 N–H and O–H groups in total. The van der Waals surface area contributed by atoms with Crippen LogP contribution in [-0.2, 0) is 17.5 Å². The largest absolute Gasteiger partial charge is 0.427 e. The SMILES string of the molecule is Nc1ncnn2c(CN3CCOCC3)cc(-c3ccc(NC(=O)N=c4cc(C(F)(F)F)ccn4O)cc3)c12. The summed E-state index contributed by atoms with van der Waals surface area (Å²) in [6.45, 7) is 3.59. The van der Waals surface area contributed by atoms with Crippen molar-refractivity contribution in [3.8, 4) is 11.1 Å². The van der Waals surface area contributed by atoms with Crippen LogP contribution in [0.4, 0.5) is 29.5 Å². The van der Waals surface area contributed by atoms with Gasteiger partial charge in [0.15, 0.2) is 11.3 Å². The molecule has 0 radical (unpaired) electrons. The number of benzene rings is 1. The number of fused-ring (bicyclic) bond motifs is 1. The number of hydrogen-bond donors (Lipinski definition) is 3. The Labute approximate surface area is 213 Å². The zero-order chi connectivity index (χ0) is 26.9. The number of nitrogens with one attached hydrogen (secondary N) is 1. The van der Waals surface area contributed by atoms with Crippen molar-refractivity contribution < 1.29 is 27.9 Å². The number of ether oxygens (including phenoxy) is 1. The van der Waals surface area contributed by atoms with Crippen molar-refractivity contribution in [2.75, 3.05) is 37.4 Å². The van der Waals surface area contributed by atoms with E-state index < -0.39 is 23.3 Å². The van der Waals surface area contributed by atoms with Crippen LogP contribution >= 0.6 is 0 Å². The molecule has 0 saturated carbocycles. The van der Waals surface area contributed by atoms with Crippen LogP contribution in [0.5, 0.6) is 0 Å². The van der Waals surface area contributed by atoms with Gasteiger partial charge in [-0.25, -0.2) is 14.3 Å². The molecule has 0 bridgehead atoms. The lowest BCUT2D eigenvalue weighted by atomic mass is 10.1. The number of morpholine rings is 1. The lowest BCUT2D eigenvalue weighted by molar-refractivity contribution is -0.137. The van der Waals surface area contributed by atoms with E-state index in [1.807, 2.05) is 6.07 Å². The Bertz CT molecular complexity index is 1540. The van der Waals surface area contributed by atoms with E-state index in [-0.39, 0.29) is 0 Å². The van der Waals surface area contributed by atoms with Gasteiger partial charge in [0.2, 0.25) is 0 Å². The number of amides is 2. The lowest BCUT2D eigenvalue weighted by Crippen LogP contribution is -2.36. The van der Waals surface area contributed by atoms with E-state index in [0.29, 0.717) is 53.6 Å². The third-order valence-electron chi connectivity index (χ3n) is 6.05. The Hall–Kier alpha value is -4.43. The van der Waals surface area contributed by atoms with Crippen LogP contribution in [0.3, 0.4) is 0 Å². The second-order valence-corrected chi connectivity index (χ2v) is 8.58. The summed E-state index contributed by atoms with van der Waals surface area (Å²) in [5, 5.41) is 16.6. The number of alkyl halides is 3. The first kappa shape index (κ1) is 25.2. The highest BCUT2D eigenvalue weighted by Gasteiger charge is 2.30. The zero-order valence-electron chi connectivity index (χ0n) is 19.9. The minimum Gasteiger partial charge on any atom is -0.427 e. The first-order valence-corrected chi connectivity index (χ1v) is 11.6. The molecule has 14 heteroatoms. The number of carbonyl (C=O) groups excluding carboxylic acids is 1. The van der Waals surface area contributed by atoms with Gasteiger partial charge in [-0.1, -0.05) is 12.1 Å². The summed E-state index contributed by atoms with van der Waals surface area (Å²) in [5.74, 6) is 0.317. The Morgan fingerprint density at radius 2 is 1.89 bits per heavy atom. The third kappa shape index (κ3) is 5.31. The average molecular weight is 528 g/mol. The molecule has 1 aliphatic rings. The first-order valence-electron chi connectivity index (χ1n) is 11.6. The summed E-state index contributed by atoms with van der Waals surface area (Å²) in [5.41, 5.74) is 8.10. The summed E-state index contributed by atoms with van der Waals surface area (Å²) < 4.78 is 46.4. The van der Waals surface area contributed by atoms with Crippen molar-refractivity contribution in [3.63, 3.8) is 0 Å². The molecule has 0 spiro atoms. The molecule has 1 aliphatic heterocycles. The number of halogens is 3. The number of nitrogens with two attached hydrogens (primary N) is 1. The number of urea groups is 1. The number of carbonyl (C=O) groups is 1. The predicted molar refractivity (Wildman–Crippen MR) is 130 cm³/mol. The molecular formula is C24H23F3N8O3. The van der Waals surface area contributed by atoms with Gasteiger partial charge in [-0.05, 0) is 35.9 Å². The summed E-state index contributed by atoms with van der Waals surface area (Å²) in [6.07, 6.45) is -2.49. The molecule has 198 valence electrons. The normalized spacial score (nSPS) is 15.2. The molecule has 1 fully saturated rings. The van der Waals surface area contributed by atoms with Crippen molar-refractivity contribution in [2.24, 2.45) is 4.99 Å². The quantitative estimate of drug-likeness (QED) is 0.347. The zero-order valence-corrected chi connectivity index (χ0v) is 19.9. The number of aromatic nitrogens is 4. The number of nitrogen functional groups attached to an aromatic ring is 1. The Balaban J connectivity index is 1.39. The van der Waals surface area contributed by atoms with Gasteiger partial charge in [0.1, 0.15) is 11.8 Å². The van der Waals surface area contributed by atoms with E-state index in [9.17, 15) is 23.2 Å². The molecule has 3 aromatic heterocycles. The number of nitrogens with zero attached hydrogens (tertiary/aromatic N) is 6. The van der Waals surface area contributed by atoms with Gasteiger partial charge in [0, 0.05) is 37.1 Å². The summed E-state index contributed by atoms with van der Waals surface area (Å²) >= 11 is 0. The average Bonchev–Trinajstić information content (AvgIpc) is 3.25. The number of anilines is 2. The van der Waals surface area contributed by atoms with Crippen molar-refractivity contribution in [1.29, 1.82) is 0 Å². The van der Waals surface area contributed by atoms with Gasteiger partial charge >= 0.3 is 12.2 Å². The van der Waals surface area contributed by atoms with Gasteiger partial charge < -0.3 is 21.0 Å². The predicted octanol–water partition coefficient (Wildman–Crippen LogP) is 3.00. The molecule has 4 aromatic rings. The molecule has 0 aliphatic carbocycles. The highest BCUT2D eigenvalue weighted by atomic mass is 19.4. The van der Waals surface area contributed by atoms with E-state index in [0.717, 1.165) is 36.1 Å². The molecule has 0 unspecified atom stereocenters. The standard InChI is InChI=1S/C24H23F3N8O3/c25-24(26,27)16-5-6-34(37)20(11-16)32-23(36)31-17-3-1-15(2-4-17)19-12-18(13-33-7-9-38-10-8-33)35-21(19)22(28)29-14-30-35/h1-6,11-12,14,37H,7-10,13H2,(H,31,36)(H2,28,29,30). The first-order chi connectivity index (χ1) is 18.2. The van der Waals surface area contributed by atoms with Gasteiger partial charge in [-0.15, -0.1) is 0 Å². The lowest BCUT2D eigenvalue weighted by Gasteiger charge is -2.26. The van der Waals surface area contributed by atoms with Crippen LogP contribution < -0.4 is 16.5 Å². The Kier molecular flexibility index (Phi) is 6.73. The van der Waals surface area contributed by atoms with Crippen LogP contribution in [0.1, 0.15) is 11.3 Å². The molecule has 4 heterocycles. The molecule has 0 atom stereocenters. The van der Waals surface area contributed by atoms with E-state index in [2.05, 4.69) is 25.3 Å². The minimum absolute atomic E-state index is 0.317. The molecule has 1 saturated heterocycles. The Morgan fingerprint density at radius 3 is 2.61 bits per heavy atom. The van der Waals surface area contributed by atoms with E-state index in [1.54, 1.807) is 28.8 Å². The van der Waals surface area contributed by atoms with Gasteiger partial charge in [0.05, 0.1) is 24.5 Å². The fourth-order valence-electron chi connectivity index (χ4n) is 4.18. The van der Waals surface area contributed by atoms with Crippen LogP contribution in [0, 0.1) is 0 Å². The van der Waals surface area contributed by atoms with Gasteiger partial charge in [0.25, 0.3) is 0 Å². The van der Waals surface area contributed by atoms with Crippen LogP contribution in [0.25, 0.3) is 16.6 Å². The highest BCUT2D eigenvalue weighted by molar-refractivity contribution is 5.92. The van der Waals surface area contributed by atoms with Crippen LogP contribution in [0.2, 0.25) is 0 Å². The molecule has 38 heavy (non-hydrogen) atoms. The topological polar surface area (TPSA) is 135 Å². The van der Waals surface area contributed by atoms with Gasteiger partial charge in [-0.3, -0.25) is 4.90 Å². The fourth-order valence-corrected chi connectivity index (χ4v) is 4.18. The van der Waals surface area contributed by atoms with E-state index >= 15 is 0 Å². The van der Waals surface area contributed by atoms with Crippen molar-refractivity contribution in [2.45, 2.75) is 12.7 Å². The number of rotatable bonds is 4. The molecule has 1 aromatic carbocycles. The Morgan fingerprint density at radius 1 is 1.16 bits per heavy atom. The van der Waals surface area contributed by atoms with Crippen LogP contribution in [0.15, 0.2) is 60.0 Å².